The lowest BCUT2D eigenvalue weighted by Gasteiger charge is -2.20. The number of nitriles is 1. The predicted molar refractivity (Wildman–Crippen MR) is 106 cm³/mol. The topological polar surface area (TPSA) is 56.1 Å². The molecule has 0 aliphatic carbocycles. The van der Waals surface area contributed by atoms with E-state index in [0.717, 1.165) is 24.2 Å². The van der Waals surface area contributed by atoms with Gasteiger partial charge in [0.1, 0.15) is 11.6 Å². The first-order valence-corrected chi connectivity index (χ1v) is 8.99. The van der Waals surface area contributed by atoms with E-state index in [-0.39, 0.29) is 5.57 Å². The molecule has 5 heteroatoms. The van der Waals surface area contributed by atoms with Crippen LogP contribution in [0.2, 0.25) is 5.02 Å². The molecule has 132 valence electrons. The number of halogens is 1. The standard InChI is InChI=1S/C21H20ClN3O/c1-15-12-16(8-9-20(15)25-10-4-5-11-25)13-17(14-23)21(26)24-19-7-3-2-6-18(19)22/h2-3,6-9,12-13H,4-5,10-11H2,1H3,(H,24,26)/b17-13-. The Hall–Kier alpha value is -2.77. The molecule has 1 heterocycles. The van der Waals surface area contributed by atoms with Crippen LogP contribution < -0.4 is 10.2 Å². The Morgan fingerprint density at radius 2 is 1.96 bits per heavy atom. The van der Waals surface area contributed by atoms with Crippen LogP contribution in [0.15, 0.2) is 48.0 Å². The molecule has 1 amide bonds. The van der Waals surface area contributed by atoms with Gasteiger partial charge in [0.2, 0.25) is 0 Å². The molecule has 2 aromatic rings. The highest BCUT2D eigenvalue weighted by atomic mass is 35.5. The Morgan fingerprint density at radius 3 is 2.62 bits per heavy atom. The molecule has 1 aliphatic heterocycles. The SMILES string of the molecule is Cc1cc(/C=C(/C#N)C(=O)Nc2ccccc2Cl)ccc1N1CCCC1. The minimum atomic E-state index is -0.470. The third kappa shape index (κ3) is 4.07. The van der Waals surface area contributed by atoms with E-state index < -0.39 is 5.91 Å². The van der Waals surface area contributed by atoms with Gasteiger partial charge in [-0.3, -0.25) is 4.79 Å². The maximum absolute atomic E-state index is 12.4. The zero-order valence-corrected chi connectivity index (χ0v) is 15.4. The van der Waals surface area contributed by atoms with Gasteiger partial charge >= 0.3 is 0 Å². The molecule has 0 aromatic heterocycles. The summed E-state index contributed by atoms with van der Waals surface area (Å²) in [4.78, 5) is 14.8. The van der Waals surface area contributed by atoms with E-state index in [0.29, 0.717) is 10.7 Å². The third-order valence-electron chi connectivity index (χ3n) is 4.47. The number of carbonyl (C=O) groups excluding carboxylic acids is 1. The molecule has 1 N–H and O–H groups in total. The number of nitrogens with zero attached hydrogens (tertiary/aromatic N) is 2. The van der Waals surface area contributed by atoms with Crippen LogP contribution in [0.1, 0.15) is 24.0 Å². The van der Waals surface area contributed by atoms with Crippen LogP contribution in [0.4, 0.5) is 11.4 Å². The molecule has 3 rings (SSSR count). The lowest BCUT2D eigenvalue weighted by atomic mass is 10.1. The van der Waals surface area contributed by atoms with Gasteiger partial charge < -0.3 is 10.2 Å². The normalized spacial score (nSPS) is 14.2. The van der Waals surface area contributed by atoms with Gasteiger partial charge in [0, 0.05) is 18.8 Å². The lowest BCUT2D eigenvalue weighted by molar-refractivity contribution is -0.112. The summed E-state index contributed by atoms with van der Waals surface area (Å²) in [5, 5.41) is 12.5. The summed E-state index contributed by atoms with van der Waals surface area (Å²) < 4.78 is 0. The van der Waals surface area contributed by atoms with Gasteiger partial charge in [-0.2, -0.15) is 5.26 Å². The van der Waals surface area contributed by atoms with Gasteiger partial charge in [0.25, 0.3) is 5.91 Å². The highest BCUT2D eigenvalue weighted by Gasteiger charge is 2.15. The highest BCUT2D eigenvalue weighted by molar-refractivity contribution is 6.34. The fourth-order valence-corrected chi connectivity index (χ4v) is 3.33. The fourth-order valence-electron chi connectivity index (χ4n) is 3.15. The van der Waals surface area contributed by atoms with E-state index in [1.807, 2.05) is 18.2 Å². The summed E-state index contributed by atoms with van der Waals surface area (Å²) in [5.41, 5.74) is 3.72. The van der Waals surface area contributed by atoms with Crippen molar-refractivity contribution in [2.45, 2.75) is 19.8 Å². The smallest absolute Gasteiger partial charge is 0.266 e. The van der Waals surface area contributed by atoms with Crippen LogP contribution in [-0.2, 0) is 4.79 Å². The number of benzene rings is 2. The zero-order chi connectivity index (χ0) is 18.5. The molecular formula is C21H20ClN3O. The van der Waals surface area contributed by atoms with E-state index in [9.17, 15) is 10.1 Å². The average Bonchev–Trinajstić information content (AvgIpc) is 3.16. The van der Waals surface area contributed by atoms with Crippen LogP contribution in [0.25, 0.3) is 6.08 Å². The second kappa shape index (κ2) is 8.07. The van der Waals surface area contributed by atoms with Crippen molar-refractivity contribution in [3.63, 3.8) is 0 Å². The van der Waals surface area contributed by atoms with Crippen molar-refractivity contribution >= 4 is 35.0 Å². The molecule has 0 atom stereocenters. The van der Waals surface area contributed by atoms with Gasteiger partial charge in [-0.1, -0.05) is 29.8 Å². The third-order valence-corrected chi connectivity index (χ3v) is 4.80. The largest absolute Gasteiger partial charge is 0.371 e. The minimum Gasteiger partial charge on any atom is -0.371 e. The first kappa shape index (κ1) is 18.0. The molecule has 0 spiro atoms. The molecule has 1 saturated heterocycles. The van der Waals surface area contributed by atoms with E-state index in [4.69, 9.17) is 11.6 Å². The van der Waals surface area contributed by atoms with Gasteiger partial charge in [0.05, 0.1) is 10.7 Å². The number of carbonyl (C=O) groups is 1. The van der Waals surface area contributed by atoms with Crippen molar-refractivity contribution in [2.24, 2.45) is 0 Å². The van der Waals surface area contributed by atoms with Gasteiger partial charge in [-0.15, -0.1) is 0 Å². The summed E-state index contributed by atoms with van der Waals surface area (Å²) in [6.45, 7) is 4.22. The number of amides is 1. The monoisotopic (exact) mass is 365 g/mol. The van der Waals surface area contributed by atoms with Gasteiger partial charge in [0.15, 0.2) is 0 Å². The van der Waals surface area contributed by atoms with Crippen LogP contribution in [0.3, 0.4) is 0 Å². The van der Waals surface area contributed by atoms with Crippen molar-refractivity contribution in [3.05, 3.63) is 64.2 Å². The van der Waals surface area contributed by atoms with E-state index in [2.05, 4.69) is 23.2 Å². The Morgan fingerprint density at radius 1 is 1.23 bits per heavy atom. The molecule has 0 radical (unpaired) electrons. The molecule has 0 bridgehead atoms. The number of para-hydroxylation sites is 1. The Bertz CT molecular complexity index is 892. The second-order valence-corrected chi connectivity index (χ2v) is 6.75. The number of hydrogen-bond donors (Lipinski definition) is 1. The maximum Gasteiger partial charge on any atom is 0.266 e. The molecule has 2 aromatic carbocycles. The Labute approximate surface area is 158 Å². The summed E-state index contributed by atoms with van der Waals surface area (Å²) in [6.07, 6.45) is 4.05. The number of nitrogens with one attached hydrogen (secondary N) is 1. The molecule has 26 heavy (non-hydrogen) atoms. The number of anilines is 2. The number of rotatable bonds is 4. The average molecular weight is 366 g/mol. The van der Waals surface area contributed by atoms with Crippen LogP contribution >= 0.6 is 11.6 Å². The molecule has 0 unspecified atom stereocenters. The molecule has 0 saturated carbocycles. The van der Waals surface area contributed by atoms with E-state index >= 15 is 0 Å². The van der Waals surface area contributed by atoms with E-state index in [1.165, 1.54) is 18.5 Å². The van der Waals surface area contributed by atoms with Crippen LogP contribution in [-0.4, -0.2) is 19.0 Å². The Kier molecular flexibility index (Phi) is 5.60. The minimum absolute atomic E-state index is 0.0400. The fraction of sp³-hybridized carbons (Fsp3) is 0.238. The predicted octanol–water partition coefficient (Wildman–Crippen LogP) is 4.79. The van der Waals surface area contributed by atoms with E-state index in [1.54, 1.807) is 30.3 Å². The molecular weight excluding hydrogens is 346 g/mol. The lowest BCUT2D eigenvalue weighted by Crippen LogP contribution is -2.18. The summed E-state index contributed by atoms with van der Waals surface area (Å²) in [6, 6.07) is 14.9. The van der Waals surface area contributed by atoms with Crippen molar-refractivity contribution in [1.29, 1.82) is 5.26 Å². The van der Waals surface area contributed by atoms with Gasteiger partial charge in [-0.05, 0) is 61.2 Å². The van der Waals surface area contributed by atoms with Crippen LogP contribution in [0.5, 0.6) is 0 Å². The summed E-state index contributed by atoms with van der Waals surface area (Å²) in [5.74, 6) is -0.470. The van der Waals surface area contributed by atoms with Crippen molar-refractivity contribution in [2.75, 3.05) is 23.3 Å². The van der Waals surface area contributed by atoms with Crippen LogP contribution in [0, 0.1) is 18.3 Å². The molecule has 1 aliphatic rings. The van der Waals surface area contributed by atoms with Crippen molar-refractivity contribution < 1.29 is 4.79 Å². The first-order chi connectivity index (χ1) is 12.6. The molecule has 1 fully saturated rings. The van der Waals surface area contributed by atoms with Crippen molar-refractivity contribution in [3.8, 4) is 6.07 Å². The second-order valence-electron chi connectivity index (χ2n) is 6.34. The zero-order valence-electron chi connectivity index (χ0n) is 14.6. The number of aryl methyl sites for hydroxylation is 1. The molecule has 4 nitrogen and oxygen atoms in total. The first-order valence-electron chi connectivity index (χ1n) is 8.62. The summed E-state index contributed by atoms with van der Waals surface area (Å²) in [7, 11) is 0. The maximum atomic E-state index is 12.4. The Balaban J connectivity index is 1.80. The summed E-state index contributed by atoms with van der Waals surface area (Å²) >= 11 is 6.06. The quantitative estimate of drug-likeness (QED) is 0.625. The van der Waals surface area contributed by atoms with Gasteiger partial charge in [-0.25, -0.2) is 0 Å². The highest BCUT2D eigenvalue weighted by Crippen LogP contribution is 2.26. The van der Waals surface area contributed by atoms with Crippen molar-refractivity contribution in [1.82, 2.24) is 0 Å². The number of hydrogen-bond acceptors (Lipinski definition) is 3.